The van der Waals surface area contributed by atoms with Crippen molar-refractivity contribution in [3.05, 3.63) is 17.2 Å². The maximum atomic E-state index is 6.16. The Morgan fingerprint density at radius 2 is 2.06 bits per heavy atom. The van der Waals surface area contributed by atoms with Crippen LogP contribution in [-0.2, 0) is 12.8 Å². The van der Waals surface area contributed by atoms with Crippen LogP contribution in [0.5, 0.6) is 0 Å². The molecule has 3 nitrogen and oxygen atoms in total. The number of hydrogen-bond acceptors (Lipinski definition) is 2. The number of aryl methyl sites for hydroxylation is 2. The summed E-state index contributed by atoms with van der Waals surface area (Å²) in [6.07, 6.45) is 5.94. The van der Waals surface area contributed by atoms with E-state index in [0.717, 1.165) is 18.7 Å². The summed E-state index contributed by atoms with van der Waals surface area (Å²) in [7, 11) is 0. The van der Waals surface area contributed by atoms with Crippen LogP contribution >= 0.6 is 0 Å². The Bertz CT molecular complexity index is 367. The molecule has 1 aromatic heterocycles. The summed E-state index contributed by atoms with van der Waals surface area (Å²) in [4.78, 5) is 4.70. The summed E-state index contributed by atoms with van der Waals surface area (Å²) in [6.45, 7) is 6.48. The zero-order chi connectivity index (χ0) is 11.7. The van der Waals surface area contributed by atoms with Gasteiger partial charge in [-0.25, -0.2) is 4.98 Å². The summed E-state index contributed by atoms with van der Waals surface area (Å²) in [5.74, 6) is 1.14. The van der Waals surface area contributed by atoms with Gasteiger partial charge in [0.25, 0.3) is 0 Å². The van der Waals surface area contributed by atoms with Crippen molar-refractivity contribution in [2.75, 3.05) is 0 Å². The molecule has 1 aliphatic rings. The van der Waals surface area contributed by atoms with E-state index in [0.29, 0.717) is 6.04 Å². The Balaban J connectivity index is 2.36. The van der Waals surface area contributed by atoms with E-state index >= 15 is 0 Å². The maximum Gasteiger partial charge on any atom is 0.106 e. The summed E-state index contributed by atoms with van der Waals surface area (Å²) in [5, 5.41) is 0. The van der Waals surface area contributed by atoms with E-state index in [1.807, 2.05) is 0 Å². The molecular weight excluding hydrogens is 198 g/mol. The van der Waals surface area contributed by atoms with Gasteiger partial charge >= 0.3 is 0 Å². The summed E-state index contributed by atoms with van der Waals surface area (Å²) in [5.41, 5.74) is 8.92. The standard InChI is InChI=1S/C13H23N3/c1-4-11(14)9(2)16-10(3)15-12-7-5-6-8-13(12)16/h9,11H,4-8,14H2,1-3H3. The third-order valence-corrected chi connectivity index (χ3v) is 3.84. The van der Waals surface area contributed by atoms with Crippen LogP contribution in [0.4, 0.5) is 0 Å². The molecule has 2 atom stereocenters. The third kappa shape index (κ3) is 1.88. The van der Waals surface area contributed by atoms with Gasteiger partial charge in [-0.2, -0.15) is 0 Å². The predicted octanol–water partition coefficient (Wildman–Crippen LogP) is 2.37. The van der Waals surface area contributed by atoms with E-state index in [9.17, 15) is 0 Å². The van der Waals surface area contributed by atoms with Gasteiger partial charge in [-0.3, -0.25) is 0 Å². The first kappa shape index (κ1) is 11.6. The highest BCUT2D eigenvalue weighted by atomic mass is 15.1. The first-order valence-corrected chi connectivity index (χ1v) is 6.47. The fraction of sp³-hybridized carbons (Fsp3) is 0.769. The molecule has 0 saturated carbocycles. The average molecular weight is 221 g/mol. The topological polar surface area (TPSA) is 43.8 Å². The first-order chi connectivity index (χ1) is 7.65. The van der Waals surface area contributed by atoms with Gasteiger partial charge in [0, 0.05) is 17.8 Å². The van der Waals surface area contributed by atoms with Crippen molar-refractivity contribution in [3.8, 4) is 0 Å². The Morgan fingerprint density at radius 1 is 1.38 bits per heavy atom. The Labute approximate surface area is 98.1 Å². The lowest BCUT2D eigenvalue weighted by Crippen LogP contribution is -2.31. The number of aromatic nitrogens is 2. The molecule has 1 aliphatic carbocycles. The number of nitrogens with two attached hydrogens (primary N) is 1. The van der Waals surface area contributed by atoms with Crippen molar-refractivity contribution in [2.45, 2.75) is 65.0 Å². The molecule has 1 aromatic rings. The molecule has 0 aromatic carbocycles. The minimum atomic E-state index is 0.235. The van der Waals surface area contributed by atoms with Crippen molar-refractivity contribution in [1.82, 2.24) is 9.55 Å². The second-order valence-corrected chi connectivity index (χ2v) is 4.94. The minimum Gasteiger partial charge on any atom is -0.328 e. The van der Waals surface area contributed by atoms with Crippen molar-refractivity contribution < 1.29 is 0 Å². The highest BCUT2D eigenvalue weighted by Gasteiger charge is 2.23. The number of rotatable bonds is 3. The average Bonchev–Trinajstić information content (AvgIpc) is 2.63. The molecule has 16 heavy (non-hydrogen) atoms. The summed E-state index contributed by atoms with van der Waals surface area (Å²) < 4.78 is 2.38. The van der Waals surface area contributed by atoms with Gasteiger partial charge in [-0.05, 0) is 46.0 Å². The molecule has 2 N–H and O–H groups in total. The molecule has 2 rings (SSSR count). The second-order valence-electron chi connectivity index (χ2n) is 4.94. The van der Waals surface area contributed by atoms with Gasteiger partial charge in [0.1, 0.15) is 5.82 Å². The van der Waals surface area contributed by atoms with Gasteiger partial charge in [0.05, 0.1) is 5.69 Å². The maximum absolute atomic E-state index is 6.16. The zero-order valence-electron chi connectivity index (χ0n) is 10.7. The highest BCUT2D eigenvalue weighted by Crippen LogP contribution is 2.26. The van der Waals surface area contributed by atoms with Crippen LogP contribution in [0, 0.1) is 6.92 Å². The van der Waals surface area contributed by atoms with Gasteiger partial charge in [0.2, 0.25) is 0 Å². The van der Waals surface area contributed by atoms with Crippen LogP contribution in [-0.4, -0.2) is 15.6 Å². The quantitative estimate of drug-likeness (QED) is 0.851. The van der Waals surface area contributed by atoms with E-state index in [1.165, 1.54) is 30.7 Å². The molecule has 2 unspecified atom stereocenters. The van der Waals surface area contributed by atoms with Crippen molar-refractivity contribution in [1.29, 1.82) is 0 Å². The van der Waals surface area contributed by atoms with Crippen molar-refractivity contribution in [3.63, 3.8) is 0 Å². The van der Waals surface area contributed by atoms with E-state index in [4.69, 9.17) is 10.7 Å². The Hall–Kier alpha value is -0.830. The van der Waals surface area contributed by atoms with Crippen LogP contribution in [0.1, 0.15) is 56.4 Å². The minimum absolute atomic E-state index is 0.235. The van der Waals surface area contributed by atoms with Crippen LogP contribution in [0.3, 0.4) is 0 Å². The van der Waals surface area contributed by atoms with E-state index in [-0.39, 0.29) is 6.04 Å². The lowest BCUT2D eigenvalue weighted by Gasteiger charge is -2.25. The third-order valence-electron chi connectivity index (χ3n) is 3.84. The van der Waals surface area contributed by atoms with Crippen LogP contribution in [0.2, 0.25) is 0 Å². The molecule has 0 bridgehead atoms. The van der Waals surface area contributed by atoms with Gasteiger partial charge < -0.3 is 10.3 Å². The number of fused-ring (bicyclic) bond motifs is 1. The number of imidazole rings is 1. The van der Waals surface area contributed by atoms with Crippen molar-refractivity contribution in [2.24, 2.45) is 5.73 Å². The van der Waals surface area contributed by atoms with Gasteiger partial charge in [-0.15, -0.1) is 0 Å². The molecule has 1 heterocycles. The molecule has 0 amide bonds. The molecule has 3 heteroatoms. The molecule has 0 fully saturated rings. The predicted molar refractivity (Wildman–Crippen MR) is 66.6 cm³/mol. The Morgan fingerprint density at radius 3 is 2.75 bits per heavy atom. The normalized spacial score (nSPS) is 19.2. The van der Waals surface area contributed by atoms with Gasteiger partial charge in [-0.1, -0.05) is 6.92 Å². The fourth-order valence-corrected chi connectivity index (χ4v) is 2.77. The second kappa shape index (κ2) is 4.58. The molecular formula is C13H23N3. The van der Waals surface area contributed by atoms with E-state index in [1.54, 1.807) is 0 Å². The summed E-state index contributed by atoms with van der Waals surface area (Å²) in [6, 6.07) is 0.610. The number of hydrogen-bond donors (Lipinski definition) is 1. The number of nitrogens with zero attached hydrogens (tertiary/aromatic N) is 2. The van der Waals surface area contributed by atoms with Crippen LogP contribution < -0.4 is 5.73 Å². The lowest BCUT2D eigenvalue weighted by atomic mass is 10.00. The molecule has 0 aliphatic heterocycles. The van der Waals surface area contributed by atoms with E-state index in [2.05, 4.69) is 25.3 Å². The van der Waals surface area contributed by atoms with E-state index < -0.39 is 0 Å². The fourth-order valence-electron chi connectivity index (χ4n) is 2.77. The molecule has 0 spiro atoms. The van der Waals surface area contributed by atoms with Crippen LogP contribution in [0.15, 0.2) is 0 Å². The first-order valence-electron chi connectivity index (χ1n) is 6.47. The monoisotopic (exact) mass is 221 g/mol. The highest BCUT2D eigenvalue weighted by molar-refractivity contribution is 5.21. The van der Waals surface area contributed by atoms with Crippen LogP contribution in [0.25, 0.3) is 0 Å². The SMILES string of the molecule is CCC(N)C(C)n1c(C)nc2c1CCCC2. The smallest absolute Gasteiger partial charge is 0.106 e. The van der Waals surface area contributed by atoms with Gasteiger partial charge in [0.15, 0.2) is 0 Å². The zero-order valence-corrected chi connectivity index (χ0v) is 10.7. The lowest BCUT2D eigenvalue weighted by molar-refractivity contribution is 0.409. The Kier molecular flexibility index (Phi) is 3.33. The molecule has 0 radical (unpaired) electrons. The summed E-state index contributed by atoms with van der Waals surface area (Å²) >= 11 is 0. The molecule has 0 saturated heterocycles. The molecule has 90 valence electrons. The largest absolute Gasteiger partial charge is 0.328 e. The van der Waals surface area contributed by atoms with Crippen molar-refractivity contribution >= 4 is 0 Å².